The molecule has 0 aliphatic carbocycles. The highest BCUT2D eigenvalue weighted by Gasteiger charge is 2.22. The molecule has 0 unspecified atom stereocenters. The van der Waals surface area contributed by atoms with Crippen LogP contribution in [0.4, 0.5) is 4.39 Å². The van der Waals surface area contributed by atoms with E-state index in [0.717, 1.165) is 13.0 Å². The van der Waals surface area contributed by atoms with Gasteiger partial charge in [0.25, 0.3) is 0 Å². The Morgan fingerprint density at radius 1 is 1.45 bits per heavy atom. The monoisotopic (exact) mass is 302 g/mol. The van der Waals surface area contributed by atoms with Gasteiger partial charge in [-0.25, -0.2) is 4.39 Å². The second-order valence-electron chi connectivity index (χ2n) is 4.77. The van der Waals surface area contributed by atoms with Crippen molar-refractivity contribution in [2.24, 2.45) is 5.73 Å². The maximum atomic E-state index is 13.3. The van der Waals surface area contributed by atoms with Gasteiger partial charge in [-0.2, -0.15) is 0 Å². The van der Waals surface area contributed by atoms with Crippen molar-refractivity contribution >= 4 is 18.3 Å². The summed E-state index contributed by atoms with van der Waals surface area (Å²) in [7, 11) is 0. The number of amides is 1. The number of nitrogens with two attached hydrogens (primary N) is 1. The molecule has 1 amide bonds. The van der Waals surface area contributed by atoms with Crippen LogP contribution in [0.5, 0.6) is 5.75 Å². The highest BCUT2D eigenvalue weighted by molar-refractivity contribution is 5.85. The quantitative estimate of drug-likeness (QED) is 0.846. The molecule has 0 saturated carbocycles. The topological polar surface area (TPSA) is 55.6 Å². The number of nitrogens with zero attached hydrogens (tertiary/aromatic N) is 1. The van der Waals surface area contributed by atoms with Crippen molar-refractivity contribution in [3.05, 3.63) is 30.1 Å². The maximum absolute atomic E-state index is 13.3. The predicted molar refractivity (Wildman–Crippen MR) is 77.5 cm³/mol. The van der Waals surface area contributed by atoms with E-state index in [0.29, 0.717) is 26.0 Å². The van der Waals surface area contributed by atoms with Gasteiger partial charge in [0.2, 0.25) is 5.91 Å². The molecule has 6 heteroatoms. The summed E-state index contributed by atoms with van der Waals surface area (Å²) in [5, 5.41) is 0. The minimum absolute atomic E-state index is 0. The number of rotatable bonds is 5. The predicted octanol–water partition coefficient (Wildman–Crippen LogP) is 1.97. The highest BCUT2D eigenvalue weighted by atomic mass is 35.5. The van der Waals surface area contributed by atoms with Gasteiger partial charge in [-0.3, -0.25) is 4.79 Å². The number of likely N-dealkylation sites (tertiary alicyclic amines) is 1. The Balaban J connectivity index is 0.00000200. The minimum atomic E-state index is -0.376. The van der Waals surface area contributed by atoms with Crippen molar-refractivity contribution in [2.75, 3.05) is 19.7 Å². The lowest BCUT2D eigenvalue weighted by Gasteiger charge is -2.15. The van der Waals surface area contributed by atoms with Crippen molar-refractivity contribution in [2.45, 2.75) is 25.3 Å². The molecule has 0 bridgehead atoms. The molecule has 1 heterocycles. The van der Waals surface area contributed by atoms with Crippen molar-refractivity contribution < 1.29 is 13.9 Å². The van der Waals surface area contributed by atoms with Gasteiger partial charge in [-0.15, -0.1) is 12.4 Å². The van der Waals surface area contributed by atoms with E-state index in [9.17, 15) is 9.18 Å². The van der Waals surface area contributed by atoms with Crippen molar-refractivity contribution in [3.63, 3.8) is 0 Å². The molecule has 2 N–H and O–H groups in total. The molecule has 1 aromatic rings. The van der Waals surface area contributed by atoms with Gasteiger partial charge in [0.05, 0.1) is 6.61 Å². The Bertz CT molecular complexity index is 445. The average molecular weight is 303 g/mol. The molecule has 1 aliphatic rings. The lowest BCUT2D eigenvalue weighted by molar-refractivity contribution is -0.130. The van der Waals surface area contributed by atoms with E-state index in [2.05, 4.69) is 0 Å². The van der Waals surface area contributed by atoms with Crippen molar-refractivity contribution in [1.29, 1.82) is 0 Å². The number of halogens is 2. The van der Waals surface area contributed by atoms with Gasteiger partial charge in [0.1, 0.15) is 0 Å². The Morgan fingerprint density at radius 2 is 2.20 bits per heavy atom. The SMILES string of the molecule is Cl.N[C@@H]1CCN(C(=O)CCCOc2ccccc2F)C1. The molecular formula is C14H20ClFN2O2. The smallest absolute Gasteiger partial charge is 0.222 e. The number of hydrogen-bond donors (Lipinski definition) is 1. The number of para-hydroxylation sites is 1. The molecule has 2 rings (SSSR count). The van der Waals surface area contributed by atoms with Crippen LogP contribution in [0.25, 0.3) is 0 Å². The molecule has 1 saturated heterocycles. The summed E-state index contributed by atoms with van der Waals surface area (Å²) in [6.45, 7) is 1.73. The zero-order valence-corrected chi connectivity index (χ0v) is 12.1. The van der Waals surface area contributed by atoms with E-state index >= 15 is 0 Å². The lowest BCUT2D eigenvalue weighted by Crippen LogP contribution is -2.31. The molecule has 1 fully saturated rings. The first kappa shape index (κ1) is 16.7. The average Bonchev–Trinajstić information content (AvgIpc) is 2.83. The van der Waals surface area contributed by atoms with E-state index < -0.39 is 0 Å². The number of benzene rings is 1. The second kappa shape index (κ2) is 8.07. The third-order valence-corrected chi connectivity index (χ3v) is 3.21. The first-order valence-corrected chi connectivity index (χ1v) is 6.57. The van der Waals surface area contributed by atoms with Gasteiger partial charge in [0, 0.05) is 25.6 Å². The van der Waals surface area contributed by atoms with Crippen LogP contribution in [0.2, 0.25) is 0 Å². The summed E-state index contributed by atoms with van der Waals surface area (Å²) < 4.78 is 18.6. The summed E-state index contributed by atoms with van der Waals surface area (Å²) in [5.41, 5.74) is 5.75. The molecule has 112 valence electrons. The van der Waals surface area contributed by atoms with E-state index in [-0.39, 0.29) is 35.9 Å². The van der Waals surface area contributed by atoms with Gasteiger partial charge in [-0.1, -0.05) is 12.1 Å². The molecule has 4 nitrogen and oxygen atoms in total. The Morgan fingerprint density at radius 3 is 2.85 bits per heavy atom. The van der Waals surface area contributed by atoms with Gasteiger partial charge >= 0.3 is 0 Å². The van der Waals surface area contributed by atoms with Crippen LogP contribution in [-0.4, -0.2) is 36.5 Å². The number of hydrogen-bond acceptors (Lipinski definition) is 3. The fraction of sp³-hybridized carbons (Fsp3) is 0.500. The molecule has 20 heavy (non-hydrogen) atoms. The largest absolute Gasteiger partial charge is 0.491 e. The summed E-state index contributed by atoms with van der Waals surface area (Å²) in [5.74, 6) is -0.0393. The molecule has 1 atom stereocenters. The first-order valence-electron chi connectivity index (χ1n) is 6.57. The third kappa shape index (κ3) is 4.65. The van der Waals surface area contributed by atoms with Gasteiger partial charge in [0.15, 0.2) is 11.6 Å². The fourth-order valence-electron chi connectivity index (χ4n) is 2.14. The minimum Gasteiger partial charge on any atom is -0.491 e. The summed E-state index contributed by atoms with van der Waals surface area (Å²) in [4.78, 5) is 13.6. The van der Waals surface area contributed by atoms with E-state index in [1.54, 1.807) is 23.1 Å². The fourth-order valence-corrected chi connectivity index (χ4v) is 2.14. The molecule has 0 aromatic heterocycles. The highest BCUT2D eigenvalue weighted by Crippen LogP contribution is 2.16. The van der Waals surface area contributed by atoms with E-state index in [1.165, 1.54) is 6.07 Å². The molecule has 1 aliphatic heterocycles. The van der Waals surface area contributed by atoms with E-state index in [1.807, 2.05) is 0 Å². The second-order valence-corrected chi connectivity index (χ2v) is 4.77. The Kier molecular flexibility index (Phi) is 6.75. The zero-order chi connectivity index (χ0) is 13.7. The van der Waals surface area contributed by atoms with Crippen LogP contribution in [-0.2, 0) is 4.79 Å². The maximum Gasteiger partial charge on any atom is 0.222 e. The standard InChI is InChI=1S/C14H19FN2O2.ClH/c15-12-4-1-2-5-13(12)19-9-3-6-14(18)17-8-7-11(16)10-17;/h1-2,4-5,11H,3,6-10,16H2;1H/t11-;/m1./s1. The third-order valence-electron chi connectivity index (χ3n) is 3.21. The molecule has 0 radical (unpaired) electrons. The first-order chi connectivity index (χ1) is 9.16. The molecular weight excluding hydrogens is 283 g/mol. The Hall–Kier alpha value is -1.33. The Labute approximate surface area is 124 Å². The summed E-state index contributed by atoms with van der Waals surface area (Å²) in [6, 6.07) is 6.37. The van der Waals surface area contributed by atoms with Crippen LogP contribution < -0.4 is 10.5 Å². The number of carbonyl (C=O) groups is 1. The van der Waals surface area contributed by atoms with Crippen LogP contribution in [0.15, 0.2) is 24.3 Å². The van der Waals surface area contributed by atoms with Crippen LogP contribution in [0, 0.1) is 5.82 Å². The molecule has 1 aromatic carbocycles. The van der Waals surface area contributed by atoms with Crippen LogP contribution in [0.3, 0.4) is 0 Å². The van der Waals surface area contributed by atoms with Crippen LogP contribution >= 0.6 is 12.4 Å². The normalized spacial score (nSPS) is 17.7. The lowest BCUT2D eigenvalue weighted by atomic mass is 10.3. The zero-order valence-electron chi connectivity index (χ0n) is 11.3. The van der Waals surface area contributed by atoms with Crippen LogP contribution in [0.1, 0.15) is 19.3 Å². The number of carbonyl (C=O) groups excluding carboxylic acids is 1. The van der Waals surface area contributed by atoms with Crippen molar-refractivity contribution in [1.82, 2.24) is 4.90 Å². The van der Waals surface area contributed by atoms with Gasteiger partial charge in [-0.05, 0) is 25.0 Å². The van der Waals surface area contributed by atoms with Crippen molar-refractivity contribution in [3.8, 4) is 5.75 Å². The number of ether oxygens (including phenoxy) is 1. The molecule has 0 spiro atoms. The summed E-state index contributed by atoms with van der Waals surface area (Å²) >= 11 is 0. The summed E-state index contributed by atoms with van der Waals surface area (Å²) in [6.07, 6.45) is 1.87. The van der Waals surface area contributed by atoms with Gasteiger partial charge < -0.3 is 15.4 Å². The van der Waals surface area contributed by atoms with E-state index in [4.69, 9.17) is 10.5 Å².